The van der Waals surface area contributed by atoms with Crippen molar-refractivity contribution < 1.29 is 4.84 Å². The van der Waals surface area contributed by atoms with E-state index in [2.05, 4.69) is 25.8 Å². The molecule has 0 unspecified atom stereocenters. The maximum absolute atomic E-state index is 5.33. The van der Waals surface area contributed by atoms with E-state index in [0.717, 1.165) is 6.54 Å². The van der Waals surface area contributed by atoms with E-state index < -0.39 is 0 Å². The number of rotatable bonds is 7. The zero-order chi connectivity index (χ0) is 9.40. The van der Waals surface area contributed by atoms with Crippen LogP contribution in [0.4, 0.5) is 0 Å². The maximum atomic E-state index is 5.33. The van der Waals surface area contributed by atoms with Gasteiger partial charge in [0.05, 0.1) is 7.11 Å². The van der Waals surface area contributed by atoms with Gasteiger partial charge in [0.2, 0.25) is 0 Å². The zero-order valence-electron chi connectivity index (χ0n) is 8.97. The predicted molar refractivity (Wildman–Crippen MR) is 53.0 cm³/mol. The van der Waals surface area contributed by atoms with Gasteiger partial charge in [0.15, 0.2) is 0 Å². The van der Waals surface area contributed by atoms with Gasteiger partial charge in [0.25, 0.3) is 0 Å². The molecule has 0 rings (SSSR count). The lowest BCUT2D eigenvalue weighted by Crippen LogP contribution is -2.34. The molecule has 0 aliphatic carbocycles. The molecule has 2 nitrogen and oxygen atoms in total. The Balaban J connectivity index is 3.75. The lowest BCUT2D eigenvalue weighted by Gasteiger charge is -2.27. The van der Waals surface area contributed by atoms with Crippen LogP contribution in [0.15, 0.2) is 0 Å². The van der Waals surface area contributed by atoms with Crippen molar-refractivity contribution in [1.82, 2.24) is 5.06 Å². The third kappa shape index (κ3) is 4.07. The largest absolute Gasteiger partial charge is 0.302 e. The van der Waals surface area contributed by atoms with Gasteiger partial charge in [-0.1, -0.05) is 27.2 Å². The number of hydroxylamine groups is 2. The van der Waals surface area contributed by atoms with Gasteiger partial charge in [0.1, 0.15) is 0 Å². The van der Waals surface area contributed by atoms with Gasteiger partial charge in [-0.25, -0.2) is 0 Å². The van der Waals surface area contributed by atoms with E-state index in [9.17, 15) is 0 Å². The molecule has 0 spiro atoms. The Labute approximate surface area is 76.9 Å². The number of hydrogen-bond acceptors (Lipinski definition) is 2. The molecule has 0 saturated carbocycles. The average Bonchev–Trinajstić information content (AvgIpc) is 2.12. The molecule has 0 aromatic rings. The van der Waals surface area contributed by atoms with E-state index in [1.807, 2.05) is 0 Å². The molecule has 0 saturated heterocycles. The standard InChI is InChI=1S/C10H23NO/c1-5-8-9-11(12-4)10(6-2)7-3/h10H,5-9H2,1-4H3. The second-order valence-corrected chi connectivity index (χ2v) is 3.15. The van der Waals surface area contributed by atoms with Gasteiger partial charge >= 0.3 is 0 Å². The Morgan fingerprint density at radius 2 is 1.75 bits per heavy atom. The fraction of sp³-hybridized carbons (Fsp3) is 1.00. The van der Waals surface area contributed by atoms with Crippen LogP contribution in [-0.2, 0) is 4.84 Å². The van der Waals surface area contributed by atoms with Gasteiger partial charge in [0, 0.05) is 12.6 Å². The summed E-state index contributed by atoms with van der Waals surface area (Å²) in [6.07, 6.45) is 4.81. The van der Waals surface area contributed by atoms with Crippen molar-refractivity contribution in [3.63, 3.8) is 0 Å². The molecule has 0 atom stereocenters. The van der Waals surface area contributed by atoms with Crippen LogP contribution >= 0.6 is 0 Å². The summed E-state index contributed by atoms with van der Waals surface area (Å²) in [6.45, 7) is 7.71. The average molecular weight is 173 g/mol. The van der Waals surface area contributed by atoms with Gasteiger partial charge in [-0.2, -0.15) is 5.06 Å². The Morgan fingerprint density at radius 3 is 2.08 bits per heavy atom. The van der Waals surface area contributed by atoms with E-state index in [0.29, 0.717) is 6.04 Å². The summed E-state index contributed by atoms with van der Waals surface area (Å²) in [5.41, 5.74) is 0. The van der Waals surface area contributed by atoms with Gasteiger partial charge in [-0.05, 0) is 19.3 Å². The molecule has 2 heteroatoms. The Bertz CT molecular complexity index is 91.8. The van der Waals surface area contributed by atoms with Crippen LogP contribution in [-0.4, -0.2) is 24.8 Å². The van der Waals surface area contributed by atoms with Gasteiger partial charge < -0.3 is 4.84 Å². The van der Waals surface area contributed by atoms with Crippen LogP contribution in [0.5, 0.6) is 0 Å². The summed E-state index contributed by atoms with van der Waals surface area (Å²) in [7, 11) is 1.77. The molecular weight excluding hydrogens is 150 g/mol. The molecule has 0 fully saturated rings. The highest BCUT2D eigenvalue weighted by Crippen LogP contribution is 2.09. The van der Waals surface area contributed by atoms with E-state index in [-0.39, 0.29) is 0 Å². The minimum absolute atomic E-state index is 0.599. The van der Waals surface area contributed by atoms with Crippen molar-refractivity contribution in [3.05, 3.63) is 0 Å². The fourth-order valence-electron chi connectivity index (χ4n) is 1.43. The molecule has 0 bridgehead atoms. The van der Waals surface area contributed by atoms with Crippen molar-refractivity contribution in [3.8, 4) is 0 Å². The molecule has 0 aliphatic rings. The highest BCUT2D eigenvalue weighted by molar-refractivity contribution is 4.61. The monoisotopic (exact) mass is 173 g/mol. The quantitative estimate of drug-likeness (QED) is 0.549. The smallest absolute Gasteiger partial charge is 0.0575 e. The SMILES string of the molecule is CCCCN(OC)C(CC)CC. The molecule has 0 aromatic carbocycles. The second kappa shape index (κ2) is 7.56. The summed E-state index contributed by atoms with van der Waals surface area (Å²) in [4.78, 5) is 5.33. The number of hydrogen-bond donors (Lipinski definition) is 0. The first-order valence-corrected chi connectivity index (χ1v) is 5.10. The van der Waals surface area contributed by atoms with E-state index in [4.69, 9.17) is 4.84 Å². The van der Waals surface area contributed by atoms with Crippen molar-refractivity contribution in [1.29, 1.82) is 0 Å². The van der Waals surface area contributed by atoms with Gasteiger partial charge in [-0.15, -0.1) is 0 Å². The highest BCUT2D eigenvalue weighted by atomic mass is 16.7. The Hall–Kier alpha value is -0.0800. The first kappa shape index (κ1) is 11.9. The van der Waals surface area contributed by atoms with Crippen LogP contribution in [0.1, 0.15) is 46.5 Å². The van der Waals surface area contributed by atoms with Crippen molar-refractivity contribution in [2.45, 2.75) is 52.5 Å². The molecule has 0 amide bonds. The first-order chi connectivity index (χ1) is 5.79. The van der Waals surface area contributed by atoms with Crippen LogP contribution in [0, 0.1) is 0 Å². The number of nitrogens with zero attached hydrogens (tertiary/aromatic N) is 1. The molecule has 0 N–H and O–H groups in total. The lowest BCUT2D eigenvalue weighted by molar-refractivity contribution is -0.163. The van der Waals surface area contributed by atoms with Crippen LogP contribution < -0.4 is 0 Å². The van der Waals surface area contributed by atoms with E-state index >= 15 is 0 Å². The minimum atomic E-state index is 0.599. The predicted octanol–water partition coefficient (Wildman–Crippen LogP) is 2.84. The van der Waals surface area contributed by atoms with Crippen LogP contribution in [0.3, 0.4) is 0 Å². The summed E-state index contributed by atoms with van der Waals surface area (Å²) in [5.74, 6) is 0. The topological polar surface area (TPSA) is 12.5 Å². The second-order valence-electron chi connectivity index (χ2n) is 3.15. The molecular formula is C10H23NO. The number of unbranched alkanes of at least 4 members (excludes halogenated alkanes) is 1. The summed E-state index contributed by atoms with van der Waals surface area (Å²) in [6, 6.07) is 0.599. The lowest BCUT2D eigenvalue weighted by atomic mass is 10.1. The molecule has 0 aliphatic heterocycles. The molecule has 0 aromatic heterocycles. The molecule has 0 radical (unpaired) electrons. The summed E-state index contributed by atoms with van der Waals surface area (Å²) in [5, 5.41) is 2.11. The summed E-state index contributed by atoms with van der Waals surface area (Å²) >= 11 is 0. The Kier molecular flexibility index (Phi) is 7.51. The van der Waals surface area contributed by atoms with Gasteiger partial charge in [-0.3, -0.25) is 0 Å². The molecule has 0 heterocycles. The summed E-state index contributed by atoms with van der Waals surface area (Å²) < 4.78 is 0. The third-order valence-electron chi connectivity index (χ3n) is 2.32. The third-order valence-corrected chi connectivity index (χ3v) is 2.32. The van der Waals surface area contributed by atoms with Crippen LogP contribution in [0.2, 0.25) is 0 Å². The van der Waals surface area contributed by atoms with E-state index in [1.54, 1.807) is 7.11 Å². The fourth-order valence-corrected chi connectivity index (χ4v) is 1.43. The Morgan fingerprint density at radius 1 is 1.17 bits per heavy atom. The maximum Gasteiger partial charge on any atom is 0.0575 e. The molecule has 12 heavy (non-hydrogen) atoms. The normalized spacial score (nSPS) is 11.5. The molecule has 74 valence electrons. The minimum Gasteiger partial charge on any atom is -0.302 e. The van der Waals surface area contributed by atoms with Crippen molar-refractivity contribution >= 4 is 0 Å². The van der Waals surface area contributed by atoms with E-state index in [1.165, 1.54) is 25.7 Å². The highest BCUT2D eigenvalue weighted by Gasteiger charge is 2.12. The first-order valence-electron chi connectivity index (χ1n) is 5.10. The zero-order valence-corrected chi connectivity index (χ0v) is 8.97. The van der Waals surface area contributed by atoms with Crippen LogP contribution in [0.25, 0.3) is 0 Å². The van der Waals surface area contributed by atoms with Crippen molar-refractivity contribution in [2.75, 3.05) is 13.7 Å². The van der Waals surface area contributed by atoms with Crippen molar-refractivity contribution in [2.24, 2.45) is 0 Å².